The van der Waals surface area contributed by atoms with Gasteiger partial charge in [0.25, 0.3) is 5.89 Å². The zero-order valence-corrected chi connectivity index (χ0v) is 7.59. The topological polar surface area (TPSA) is 38.9 Å². The molecule has 0 bridgehead atoms. The Morgan fingerprint density at radius 3 is 2.47 bits per heavy atom. The third kappa shape index (κ3) is 1.58. The number of benzene rings is 1. The molecule has 1 aromatic heterocycles. The van der Waals surface area contributed by atoms with E-state index in [4.69, 9.17) is 0 Å². The van der Waals surface area contributed by atoms with Crippen molar-refractivity contribution in [3.8, 4) is 11.5 Å². The van der Waals surface area contributed by atoms with Gasteiger partial charge in [-0.1, -0.05) is 5.16 Å². The van der Waals surface area contributed by atoms with Crippen LogP contribution < -0.4 is 0 Å². The third-order valence-electron chi connectivity index (χ3n) is 1.79. The van der Waals surface area contributed by atoms with Gasteiger partial charge in [-0.15, -0.1) is 0 Å². The third-order valence-corrected chi connectivity index (χ3v) is 1.79. The Bertz CT molecular complexity index is 510. The van der Waals surface area contributed by atoms with Crippen LogP contribution in [0.4, 0.5) is 13.2 Å². The largest absolute Gasteiger partial charge is 0.334 e. The number of halogens is 3. The first-order chi connectivity index (χ1) is 7.09. The molecule has 2 aromatic rings. The van der Waals surface area contributed by atoms with E-state index in [1.807, 2.05) is 0 Å². The molecular formula is C9H5F3N2O. The second kappa shape index (κ2) is 3.38. The molecule has 0 atom stereocenters. The van der Waals surface area contributed by atoms with E-state index in [-0.39, 0.29) is 17.3 Å². The van der Waals surface area contributed by atoms with Crippen LogP contribution in [-0.2, 0) is 0 Å². The maximum atomic E-state index is 13.2. The molecule has 0 amide bonds. The second-order valence-electron chi connectivity index (χ2n) is 2.87. The summed E-state index contributed by atoms with van der Waals surface area (Å²) in [5.74, 6) is -4.03. The van der Waals surface area contributed by atoms with Crippen LogP contribution in [0.5, 0.6) is 0 Å². The summed E-state index contributed by atoms with van der Waals surface area (Å²) in [6.07, 6.45) is 0. The van der Waals surface area contributed by atoms with Gasteiger partial charge >= 0.3 is 0 Å². The van der Waals surface area contributed by atoms with Crippen LogP contribution in [0.25, 0.3) is 11.5 Å². The number of aromatic nitrogens is 2. The summed E-state index contributed by atoms with van der Waals surface area (Å²) < 4.78 is 43.3. The van der Waals surface area contributed by atoms with Crippen molar-refractivity contribution in [3.63, 3.8) is 0 Å². The van der Waals surface area contributed by atoms with Gasteiger partial charge in [-0.2, -0.15) is 4.98 Å². The molecule has 0 radical (unpaired) electrons. The Kier molecular flexibility index (Phi) is 2.18. The number of nitrogens with zero attached hydrogens (tertiary/aromatic N) is 2. The molecule has 0 spiro atoms. The first kappa shape index (κ1) is 9.70. The highest BCUT2D eigenvalue weighted by Gasteiger charge is 2.18. The summed E-state index contributed by atoms with van der Waals surface area (Å²) in [6.45, 7) is 1.53. The SMILES string of the molecule is Cc1noc(-c2ccc(F)c(F)c2F)n1. The Balaban J connectivity index is 2.59. The second-order valence-corrected chi connectivity index (χ2v) is 2.87. The van der Waals surface area contributed by atoms with E-state index in [2.05, 4.69) is 14.7 Å². The molecule has 1 aromatic carbocycles. The van der Waals surface area contributed by atoms with Gasteiger partial charge in [0.1, 0.15) is 0 Å². The van der Waals surface area contributed by atoms with Crippen LogP contribution in [0, 0.1) is 24.4 Å². The highest BCUT2D eigenvalue weighted by Crippen LogP contribution is 2.24. The summed E-state index contributed by atoms with van der Waals surface area (Å²) in [7, 11) is 0. The standard InChI is InChI=1S/C9H5F3N2O/c1-4-13-9(15-14-4)5-2-3-6(10)8(12)7(5)11/h2-3H,1H3. The molecule has 0 N–H and O–H groups in total. The minimum Gasteiger partial charge on any atom is -0.334 e. The lowest BCUT2D eigenvalue weighted by Crippen LogP contribution is -1.93. The van der Waals surface area contributed by atoms with Gasteiger partial charge in [0, 0.05) is 0 Å². The van der Waals surface area contributed by atoms with Crippen molar-refractivity contribution in [1.29, 1.82) is 0 Å². The van der Waals surface area contributed by atoms with E-state index < -0.39 is 17.5 Å². The summed E-state index contributed by atoms with van der Waals surface area (Å²) in [5.41, 5.74) is -0.255. The van der Waals surface area contributed by atoms with Crippen molar-refractivity contribution in [2.75, 3.05) is 0 Å². The number of hydrogen-bond donors (Lipinski definition) is 0. The van der Waals surface area contributed by atoms with Gasteiger partial charge in [-0.05, 0) is 19.1 Å². The lowest BCUT2D eigenvalue weighted by molar-refractivity contribution is 0.415. The van der Waals surface area contributed by atoms with Crippen molar-refractivity contribution in [2.24, 2.45) is 0 Å². The van der Waals surface area contributed by atoms with E-state index in [1.54, 1.807) is 0 Å². The maximum Gasteiger partial charge on any atom is 0.260 e. The van der Waals surface area contributed by atoms with Crippen LogP contribution in [-0.4, -0.2) is 10.1 Å². The smallest absolute Gasteiger partial charge is 0.260 e. The van der Waals surface area contributed by atoms with Gasteiger partial charge in [0.15, 0.2) is 23.3 Å². The molecule has 0 unspecified atom stereocenters. The Labute approximate surface area is 82.5 Å². The minimum absolute atomic E-state index is 0.177. The first-order valence-corrected chi connectivity index (χ1v) is 4.04. The molecule has 0 saturated carbocycles. The van der Waals surface area contributed by atoms with E-state index in [1.165, 1.54) is 6.92 Å². The fourth-order valence-corrected chi connectivity index (χ4v) is 1.10. The van der Waals surface area contributed by atoms with E-state index >= 15 is 0 Å². The van der Waals surface area contributed by atoms with Gasteiger partial charge < -0.3 is 4.52 Å². The zero-order chi connectivity index (χ0) is 11.0. The predicted octanol–water partition coefficient (Wildman–Crippen LogP) is 2.46. The van der Waals surface area contributed by atoms with Crippen molar-refractivity contribution in [1.82, 2.24) is 10.1 Å². The van der Waals surface area contributed by atoms with Crippen LogP contribution >= 0.6 is 0 Å². The fraction of sp³-hybridized carbons (Fsp3) is 0.111. The lowest BCUT2D eigenvalue weighted by Gasteiger charge is -1.98. The molecule has 78 valence electrons. The average molecular weight is 214 g/mol. The molecule has 0 saturated heterocycles. The van der Waals surface area contributed by atoms with Crippen molar-refractivity contribution >= 4 is 0 Å². The van der Waals surface area contributed by atoms with Crippen molar-refractivity contribution < 1.29 is 17.7 Å². The van der Waals surface area contributed by atoms with Crippen LogP contribution in [0.3, 0.4) is 0 Å². The summed E-state index contributed by atoms with van der Waals surface area (Å²) in [5, 5.41) is 3.42. The Hall–Kier alpha value is -1.85. The minimum atomic E-state index is -1.55. The van der Waals surface area contributed by atoms with Crippen LogP contribution in [0.2, 0.25) is 0 Å². The van der Waals surface area contributed by atoms with Gasteiger partial charge in [-0.25, -0.2) is 13.2 Å². The average Bonchev–Trinajstić information content (AvgIpc) is 2.61. The highest BCUT2D eigenvalue weighted by atomic mass is 19.2. The molecular weight excluding hydrogens is 209 g/mol. The predicted molar refractivity (Wildman–Crippen MR) is 44.3 cm³/mol. The Morgan fingerprint density at radius 1 is 1.13 bits per heavy atom. The molecule has 6 heteroatoms. The number of aryl methyl sites for hydroxylation is 1. The molecule has 2 rings (SSSR count). The number of rotatable bonds is 1. The first-order valence-electron chi connectivity index (χ1n) is 4.04. The molecule has 0 aliphatic rings. The molecule has 3 nitrogen and oxygen atoms in total. The molecule has 0 aliphatic carbocycles. The van der Waals surface area contributed by atoms with Crippen LogP contribution in [0.1, 0.15) is 5.82 Å². The fourth-order valence-electron chi connectivity index (χ4n) is 1.10. The Morgan fingerprint density at radius 2 is 1.87 bits per heavy atom. The number of hydrogen-bond acceptors (Lipinski definition) is 3. The highest BCUT2D eigenvalue weighted by molar-refractivity contribution is 5.53. The lowest BCUT2D eigenvalue weighted by atomic mass is 10.2. The van der Waals surface area contributed by atoms with Crippen molar-refractivity contribution in [3.05, 3.63) is 35.4 Å². The van der Waals surface area contributed by atoms with Gasteiger partial charge in [0.05, 0.1) is 5.56 Å². The molecule has 1 heterocycles. The normalized spacial score (nSPS) is 10.7. The van der Waals surface area contributed by atoms with E-state index in [0.717, 1.165) is 12.1 Å². The molecule has 0 fully saturated rings. The van der Waals surface area contributed by atoms with Gasteiger partial charge in [0.2, 0.25) is 0 Å². The maximum absolute atomic E-state index is 13.2. The summed E-state index contributed by atoms with van der Waals surface area (Å²) in [4.78, 5) is 3.71. The van der Waals surface area contributed by atoms with E-state index in [9.17, 15) is 13.2 Å². The summed E-state index contributed by atoms with van der Waals surface area (Å²) in [6, 6.07) is 1.84. The van der Waals surface area contributed by atoms with Gasteiger partial charge in [-0.3, -0.25) is 0 Å². The van der Waals surface area contributed by atoms with Crippen molar-refractivity contribution in [2.45, 2.75) is 6.92 Å². The van der Waals surface area contributed by atoms with E-state index in [0.29, 0.717) is 0 Å². The quantitative estimate of drug-likeness (QED) is 0.684. The zero-order valence-electron chi connectivity index (χ0n) is 7.59. The monoisotopic (exact) mass is 214 g/mol. The molecule has 0 aliphatic heterocycles. The molecule has 15 heavy (non-hydrogen) atoms. The van der Waals surface area contributed by atoms with Crippen LogP contribution in [0.15, 0.2) is 16.7 Å². The summed E-state index contributed by atoms with van der Waals surface area (Å²) >= 11 is 0.